The van der Waals surface area contributed by atoms with E-state index in [1.54, 1.807) is 12.1 Å². The first kappa shape index (κ1) is 17.9. The van der Waals surface area contributed by atoms with Gasteiger partial charge in [0, 0.05) is 30.0 Å². The first-order valence-corrected chi connectivity index (χ1v) is 9.20. The second-order valence-electron chi connectivity index (χ2n) is 6.63. The third-order valence-corrected chi connectivity index (χ3v) is 4.62. The predicted molar refractivity (Wildman–Crippen MR) is 108 cm³/mol. The molecule has 0 aliphatic carbocycles. The van der Waals surface area contributed by atoms with Crippen molar-refractivity contribution in [2.24, 2.45) is 0 Å². The SMILES string of the molecule is O=C(Nc1ccc(F)cc1)Nc1ccc(-c2ccc(N3CCCC3)nn2)cc1. The van der Waals surface area contributed by atoms with Gasteiger partial charge in [-0.25, -0.2) is 9.18 Å². The van der Waals surface area contributed by atoms with Crippen LogP contribution in [0.4, 0.5) is 26.4 Å². The maximum atomic E-state index is 12.9. The van der Waals surface area contributed by atoms with Crippen LogP contribution in [0.3, 0.4) is 0 Å². The number of benzene rings is 2. The van der Waals surface area contributed by atoms with Crippen molar-refractivity contribution in [1.82, 2.24) is 10.2 Å². The summed E-state index contributed by atoms with van der Waals surface area (Å²) >= 11 is 0. The van der Waals surface area contributed by atoms with Gasteiger partial charge in [0.1, 0.15) is 5.82 Å². The number of nitrogens with one attached hydrogen (secondary N) is 2. The predicted octanol–water partition coefficient (Wildman–Crippen LogP) is 4.53. The van der Waals surface area contributed by atoms with E-state index in [1.807, 2.05) is 24.3 Å². The third-order valence-electron chi connectivity index (χ3n) is 4.62. The molecule has 2 heterocycles. The van der Waals surface area contributed by atoms with E-state index in [4.69, 9.17) is 0 Å². The standard InChI is InChI=1S/C21H20FN5O/c22-16-5-9-18(10-6-16)24-21(28)23-17-7-3-15(4-8-17)19-11-12-20(26-25-19)27-13-1-2-14-27/h3-12H,1-2,13-14H2,(H2,23,24,28). The van der Waals surface area contributed by atoms with Gasteiger partial charge in [-0.05, 0) is 61.4 Å². The molecule has 142 valence electrons. The number of nitrogens with zero attached hydrogens (tertiary/aromatic N) is 3. The van der Waals surface area contributed by atoms with Crippen LogP contribution in [0, 0.1) is 5.82 Å². The van der Waals surface area contributed by atoms with Crippen LogP contribution >= 0.6 is 0 Å². The minimum absolute atomic E-state index is 0.349. The van der Waals surface area contributed by atoms with E-state index in [1.165, 1.54) is 37.1 Å². The molecule has 3 aromatic rings. The highest BCUT2D eigenvalue weighted by molar-refractivity contribution is 5.99. The lowest BCUT2D eigenvalue weighted by molar-refractivity contribution is 0.262. The number of aromatic nitrogens is 2. The Bertz CT molecular complexity index is 936. The second-order valence-corrected chi connectivity index (χ2v) is 6.63. The number of carbonyl (C=O) groups excluding carboxylic acids is 1. The Morgan fingerprint density at radius 1 is 0.821 bits per heavy atom. The molecule has 0 radical (unpaired) electrons. The van der Waals surface area contributed by atoms with Gasteiger partial charge in [-0.2, -0.15) is 0 Å². The van der Waals surface area contributed by atoms with Crippen molar-refractivity contribution in [3.05, 3.63) is 66.5 Å². The van der Waals surface area contributed by atoms with Gasteiger partial charge >= 0.3 is 6.03 Å². The van der Waals surface area contributed by atoms with Gasteiger partial charge in [0.2, 0.25) is 0 Å². The molecule has 1 fully saturated rings. The van der Waals surface area contributed by atoms with Crippen molar-refractivity contribution in [2.75, 3.05) is 28.6 Å². The maximum Gasteiger partial charge on any atom is 0.323 e. The fraction of sp³-hybridized carbons (Fsp3) is 0.190. The Kier molecular flexibility index (Phi) is 5.14. The van der Waals surface area contributed by atoms with Gasteiger partial charge in [-0.1, -0.05) is 12.1 Å². The molecule has 1 aliphatic rings. The van der Waals surface area contributed by atoms with E-state index in [0.717, 1.165) is 30.2 Å². The highest BCUT2D eigenvalue weighted by atomic mass is 19.1. The minimum Gasteiger partial charge on any atom is -0.355 e. The summed E-state index contributed by atoms with van der Waals surface area (Å²) < 4.78 is 12.9. The summed E-state index contributed by atoms with van der Waals surface area (Å²) in [4.78, 5) is 14.3. The number of anilines is 3. The summed E-state index contributed by atoms with van der Waals surface area (Å²) in [7, 11) is 0. The molecule has 0 saturated carbocycles. The number of urea groups is 1. The average Bonchev–Trinajstić information content (AvgIpc) is 3.25. The van der Waals surface area contributed by atoms with Gasteiger partial charge in [0.25, 0.3) is 0 Å². The number of amides is 2. The summed E-state index contributed by atoms with van der Waals surface area (Å²) in [5.41, 5.74) is 2.86. The first-order valence-electron chi connectivity index (χ1n) is 9.20. The van der Waals surface area contributed by atoms with E-state index in [9.17, 15) is 9.18 Å². The van der Waals surface area contributed by atoms with Crippen molar-refractivity contribution in [3.8, 4) is 11.3 Å². The van der Waals surface area contributed by atoms with Crippen LogP contribution < -0.4 is 15.5 Å². The molecule has 2 N–H and O–H groups in total. The van der Waals surface area contributed by atoms with Gasteiger partial charge in [-0.15, -0.1) is 10.2 Å². The Hall–Kier alpha value is -3.48. The average molecular weight is 377 g/mol. The molecule has 7 heteroatoms. The van der Waals surface area contributed by atoms with Crippen LogP contribution in [-0.2, 0) is 0 Å². The molecule has 1 aromatic heterocycles. The third kappa shape index (κ3) is 4.25. The Morgan fingerprint density at radius 2 is 1.43 bits per heavy atom. The number of rotatable bonds is 4. The molecular weight excluding hydrogens is 357 g/mol. The zero-order chi connectivity index (χ0) is 19.3. The monoisotopic (exact) mass is 377 g/mol. The summed E-state index contributed by atoms with van der Waals surface area (Å²) in [5, 5.41) is 14.1. The van der Waals surface area contributed by atoms with Gasteiger partial charge in [0.15, 0.2) is 5.82 Å². The van der Waals surface area contributed by atoms with Crippen molar-refractivity contribution >= 4 is 23.2 Å². The molecule has 0 unspecified atom stereocenters. The van der Waals surface area contributed by atoms with Crippen LogP contribution in [0.15, 0.2) is 60.7 Å². The molecule has 6 nitrogen and oxygen atoms in total. The minimum atomic E-state index is -0.394. The fourth-order valence-electron chi connectivity index (χ4n) is 3.15. The molecule has 0 spiro atoms. The van der Waals surface area contributed by atoms with E-state index >= 15 is 0 Å². The number of halogens is 1. The van der Waals surface area contributed by atoms with Crippen LogP contribution in [-0.4, -0.2) is 29.3 Å². The summed E-state index contributed by atoms with van der Waals surface area (Å²) in [5.74, 6) is 0.565. The Labute approximate surface area is 162 Å². The van der Waals surface area contributed by atoms with E-state index in [2.05, 4.69) is 25.7 Å². The molecule has 28 heavy (non-hydrogen) atoms. The van der Waals surface area contributed by atoms with Gasteiger partial charge in [0.05, 0.1) is 5.69 Å². The highest BCUT2D eigenvalue weighted by Gasteiger charge is 2.14. The molecule has 2 amide bonds. The van der Waals surface area contributed by atoms with E-state index < -0.39 is 6.03 Å². The van der Waals surface area contributed by atoms with Gasteiger partial charge in [-0.3, -0.25) is 0 Å². The maximum absolute atomic E-state index is 12.9. The van der Waals surface area contributed by atoms with Crippen molar-refractivity contribution in [3.63, 3.8) is 0 Å². The lowest BCUT2D eigenvalue weighted by Gasteiger charge is -2.15. The highest BCUT2D eigenvalue weighted by Crippen LogP contribution is 2.22. The topological polar surface area (TPSA) is 70.2 Å². The van der Waals surface area contributed by atoms with Crippen LogP contribution in [0.5, 0.6) is 0 Å². The quantitative estimate of drug-likeness (QED) is 0.701. The lowest BCUT2D eigenvalue weighted by Crippen LogP contribution is -2.19. The van der Waals surface area contributed by atoms with Crippen molar-refractivity contribution in [2.45, 2.75) is 12.8 Å². The van der Waals surface area contributed by atoms with E-state index in [-0.39, 0.29) is 5.82 Å². The second kappa shape index (κ2) is 8.04. The molecule has 0 bridgehead atoms. The lowest BCUT2D eigenvalue weighted by atomic mass is 10.1. The zero-order valence-corrected chi connectivity index (χ0v) is 15.2. The van der Waals surface area contributed by atoms with Crippen molar-refractivity contribution in [1.29, 1.82) is 0 Å². The molecule has 1 saturated heterocycles. The summed E-state index contributed by atoms with van der Waals surface area (Å²) in [6.45, 7) is 2.07. The molecule has 4 rings (SSSR count). The van der Waals surface area contributed by atoms with Crippen molar-refractivity contribution < 1.29 is 9.18 Å². The smallest absolute Gasteiger partial charge is 0.323 e. The summed E-state index contributed by atoms with van der Waals surface area (Å²) in [6.07, 6.45) is 2.40. The fourth-order valence-corrected chi connectivity index (χ4v) is 3.15. The largest absolute Gasteiger partial charge is 0.355 e. The molecule has 0 atom stereocenters. The summed E-state index contributed by atoms with van der Waals surface area (Å²) in [6, 6.07) is 16.5. The number of carbonyl (C=O) groups is 1. The zero-order valence-electron chi connectivity index (χ0n) is 15.2. The number of hydrogen-bond acceptors (Lipinski definition) is 4. The molecular formula is C21H20FN5O. The van der Waals surface area contributed by atoms with Crippen LogP contribution in [0.2, 0.25) is 0 Å². The van der Waals surface area contributed by atoms with Crippen LogP contribution in [0.1, 0.15) is 12.8 Å². The van der Waals surface area contributed by atoms with Gasteiger partial charge < -0.3 is 15.5 Å². The Morgan fingerprint density at radius 3 is 2.00 bits per heavy atom. The number of hydrogen-bond donors (Lipinski definition) is 2. The molecule has 2 aromatic carbocycles. The molecule has 1 aliphatic heterocycles. The first-order chi connectivity index (χ1) is 13.7. The normalized spacial score (nSPS) is 13.4. The van der Waals surface area contributed by atoms with E-state index in [0.29, 0.717) is 11.4 Å². The van der Waals surface area contributed by atoms with Crippen LogP contribution in [0.25, 0.3) is 11.3 Å². The Balaban J connectivity index is 1.37.